The van der Waals surface area contributed by atoms with Crippen LogP contribution in [0.2, 0.25) is 5.15 Å². The Bertz CT molecular complexity index is 747. The number of fused-ring (bicyclic) bond motifs is 1. The Labute approximate surface area is 105 Å². The molecule has 90 valence electrons. The summed E-state index contributed by atoms with van der Waals surface area (Å²) >= 11 is 6.00. The first kappa shape index (κ1) is 10.8. The first-order chi connectivity index (χ1) is 8.66. The summed E-state index contributed by atoms with van der Waals surface area (Å²) in [5.41, 5.74) is 1.17. The normalized spacial score (nSPS) is 10.9. The third-order valence-corrected chi connectivity index (χ3v) is 2.80. The molecule has 2 N–H and O–H groups in total. The molecule has 0 saturated heterocycles. The zero-order valence-electron chi connectivity index (χ0n) is 8.85. The van der Waals surface area contributed by atoms with Gasteiger partial charge in [-0.25, -0.2) is 4.79 Å². The molecule has 1 aromatic carbocycles. The molecular weight excluding hydrogens is 258 g/mol. The Balaban J connectivity index is 2.24. The van der Waals surface area contributed by atoms with Gasteiger partial charge in [-0.2, -0.15) is 5.10 Å². The molecular formula is C11H6ClN3O3. The molecule has 3 rings (SSSR count). The van der Waals surface area contributed by atoms with Gasteiger partial charge in [-0.15, -0.1) is 0 Å². The molecule has 0 aliphatic carbocycles. The maximum absolute atomic E-state index is 10.8. The van der Waals surface area contributed by atoms with Crippen LogP contribution in [0, 0.1) is 0 Å². The van der Waals surface area contributed by atoms with Crippen LogP contribution in [0.1, 0.15) is 10.5 Å². The molecule has 0 radical (unpaired) electrons. The number of benzene rings is 1. The van der Waals surface area contributed by atoms with Crippen LogP contribution in [0.15, 0.2) is 28.8 Å². The number of halogens is 1. The molecule has 2 heterocycles. The number of H-pyrrole nitrogens is 1. The van der Waals surface area contributed by atoms with E-state index in [0.29, 0.717) is 27.4 Å². The van der Waals surface area contributed by atoms with Crippen molar-refractivity contribution in [1.29, 1.82) is 0 Å². The van der Waals surface area contributed by atoms with E-state index in [9.17, 15) is 4.79 Å². The predicted octanol–water partition coefficient (Wildman–Crippen LogP) is 2.57. The zero-order chi connectivity index (χ0) is 12.7. The highest BCUT2D eigenvalue weighted by molar-refractivity contribution is 6.35. The third kappa shape index (κ3) is 1.54. The largest absolute Gasteiger partial charge is 0.476 e. The lowest BCUT2D eigenvalue weighted by Crippen LogP contribution is -1.94. The van der Waals surface area contributed by atoms with E-state index >= 15 is 0 Å². The minimum atomic E-state index is -1.14. The standard InChI is InChI=1S/C11H6ClN3O3/c12-10-9-5(2-1-3-6(9)13-14-10)8-4-7(11(16)17)15-18-8/h1-4H,(H,13,14)(H,16,17). The van der Waals surface area contributed by atoms with Gasteiger partial charge in [0.2, 0.25) is 0 Å². The number of carboxylic acid groups (broad SMARTS) is 1. The van der Waals surface area contributed by atoms with Crippen molar-refractivity contribution in [3.05, 3.63) is 35.1 Å². The van der Waals surface area contributed by atoms with Gasteiger partial charge in [0, 0.05) is 17.0 Å². The van der Waals surface area contributed by atoms with Crippen molar-refractivity contribution in [2.75, 3.05) is 0 Å². The lowest BCUT2D eigenvalue weighted by Gasteiger charge is -1.97. The topological polar surface area (TPSA) is 92.0 Å². The van der Waals surface area contributed by atoms with Crippen molar-refractivity contribution in [3.63, 3.8) is 0 Å². The Kier molecular flexibility index (Phi) is 2.31. The summed E-state index contributed by atoms with van der Waals surface area (Å²) in [5.74, 6) is -0.809. The molecule has 2 aromatic heterocycles. The van der Waals surface area contributed by atoms with Gasteiger partial charge < -0.3 is 9.63 Å². The highest BCUT2D eigenvalue weighted by atomic mass is 35.5. The lowest BCUT2D eigenvalue weighted by molar-refractivity contribution is 0.0686. The number of aromatic amines is 1. The molecule has 7 heteroatoms. The Hall–Kier alpha value is -2.34. The SMILES string of the molecule is O=C(O)c1cc(-c2cccc3n[nH]c(Cl)c23)on1. The average molecular weight is 264 g/mol. The van der Waals surface area contributed by atoms with Crippen molar-refractivity contribution >= 4 is 28.5 Å². The van der Waals surface area contributed by atoms with Crippen molar-refractivity contribution in [2.24, 2.45) is 0 Å². The lowest BCUT2D eigenvalue weighted by atomic mass is 10.1. The number of rotatable bonds is 2. The second kappa shape index (κ2) is 3.85. The summed E-state index contributed by atoms with van der Waals surface area (Å²) in [5, 5.41) is 20.0. The Morgan fingerprint density at radius 3 is 3.00 bits per heavy atom. The number of hydrogen-bond donors (Lipinski definition) is 2. The zero-order valence-corrected chi connectivity index (χ0v) is 9.60. The molecule has 0 bridgehead atoms. The summed E-state index contributed by atoms with van der Waals surface area (Å²) in [6.07, 6.45) is 0. The van der Waals surface area contributed by atoms with E-state index in [4.69, 9.17) is 21.2 Å². The summed E-state index contributed by atoms with van der Waals surface area (Å²) in [7, 11) is 0. The maximum atomic E-state index is 10.8. The molecule has 0 spiro atoms. The van der Waals surface area contributed by atoms with E-state index in [1.807, 2.05) is 0 Å². The van der Waals surface area contributed by atoms with Crippen LogP contribution in [0.3, 0.4) is 0 Å². The van der Waals surface area contributed by atoms with Crippen LogP contribution < -0.4 is 0 Å². The van der Waals surface area contributed by atoms with Gasteiger partial charge in [0.05, 0.1) is 5.52 Å². The van der Waals surface area contributed by atoms with E-state index in [0.717, 1.165) is 0 Å². The van der Waals surface area contributed by atoms with Gasteiger partial charge in [0.1, 0.15) is 5.15 Å². The minimum absolute atomic E-state index is 0.151. The van der Waals surface area contributed by atoms with Gasteiger partial charge >= 0.3 is 5.97 Å². The van der Waals surface area contributed by atoms with Gasteiger partial charge in [-0.05, 0) is 6.07 Å². The van der Waals surface area contributed by atoms with Gasteiger partial charge in [0.15, 0.2) is 11.5 Å². The van der Waals surface area contributed by atoms with Gasteiger partial charge in [0.25, 0.3) is 0 Å². The molecule has 3 aromatic rings. The molecule has 0 aliphatic rings. The second-order valence-electron chi connectivity index (χ2n) is 3.62. The fourth-order valence-electron chi connectivity index (χ4n) is 1.74. The van der Waals surface area contributed by atoms with E-state index in [2.05, 4.69) is 15.4 Å². The maximum Gasteiger partial charge on any atom is 0.358 e. The first-order valence-electron chi connectivity index (χ1n) is 5.00. The van der Waals surface area contributed by atoms with Crippen molar-refractivity contribution in [3.8, 4) is 11.3 Å². The van der Waals surface area contributed by atoms with Crippen LogP contribution in [0.5, 0.6) is 0 Å². The number of hydrogen-bond acceptors (Lipinski definition) is 4. The van der Waals surface area contributed by atoms with Crippen LogP contribution >= 0.6 is 11.6 Å². The molecule has 0 aliphatic heterocycles. The van der Waals surface area contributed by atoms with Crippen LogP contribution in [-0.2, 0) is 0 Å². The highest BCUT2D eigenvalue weighted by Gasteiger charge is 2.16. The van der Waals surface area contributed by atoms with Crippen LogP contribution in [-0.4, -0.2) is 26.4 Å². The molecule has 6 nitrogen and oxygen atoms in total. The predicted molar refractivity (Wildman–Crippen MR) is 63.6 cm³/mol. The molecule has 0 amide bonds. The molecule has 0 atom stereocenters. The number of nitrogens with one attached hydrogen (secondary N) is 1. The minimum Gasteiger partial charge on any atom is -0.476 e. The van der Waals surface area contributed by atoms with E-state index in [1.165, 1.54) is 6.07 Å². The first-order valence-corrected chi connectivity index (χ1v) is 5.37. The van der Waals surface area contributed by atoms with Crippen molar-refractivity contribution in [1.82, 2.24) is 15.4 Å². The molecule has 0 saturated carbocycles. The highest BCUT2D eigenvalue weighted by Crippen LogP contribution is 2.32. The summed E-state index contributed by atoms with van der Waals surface area (Å²) < 4.78 is 5.01. The summed E-state index contributed by atoms with van der Waals surface area (Å²) in [4.78, 5) is 10.8. The monoisotopic (exact) mass is 263 g/mol. The number of nitrogens with zero attached hydrogens (tertiary/aromatic N) is 2. The molecule has 18 heavy (non-hydrogen) atoms. The average Bonchev–Trinajstić information content (AvgIpc) is 2.96. The second-order valence-corrected chi connectivity index (χ2v) is 4.00. The van der Waals surface area contributed by atoms with Crippen molar-refractivity contribution < 1.29 is 14.4 Å². The fraction of sp³-hybridized carbons (Fsp3) is 0. The number of aromatic nitrogens is 3. The Morgan fingerprint density at radius 2 is 2.28 bits per heavy atom. The smallest absolute Gasteiger partial charge is 0.358 e. The summed E-state index contributed by atoms with van der Waals surface area (Å²) in [6, 6.07) is 6.67. The van der Waals surface area contributed by atoms with Crippen LogP contribution in [0.25, 0.3) is 22.2 Å². The van der Waals surface area contributed by atoms with Gasteiger partial charge in [-0.1, -0.05) is 28.9 Å². The number of carboxylic acids is 1. The number of carbonyl (C=O) groups is 1. The van der Waals surface area contributed by atoms with Gasteiger partial charge in [-0.3, -0.25) is 5.10 Å². The molecule has 0 fully saturated rings. The summed E-state index contributed by atoms with van der Waals surface area (Å²) in [6.45, 7) is 0. The van der Waals surface area contributed by atoms with Crippen LogP contribution in [0.4, 0.5) is 0 Å². The van der Waals surface area contributed by atoms with E-state index in [-0.39, 0.29) is 5.69 Å². The quantitative estimate of drug-likeness (QED) is 0.741. The third-order valence-electron chi connectivity index (χ3n) is 2.53. The Morgan fingerprint density at radius 1 is 1.44 bits per heavy atom. The fourth-order valence-corrected chi connectivity index (χ4v) is 1.98. The van der Waals surface area contributed by atoms with E-state index < -0.39 is 5.97 Å². The number of aromatic carboxylic acids is 1. The molecule has 0 unspecified atom stereocenters. The van der Waals surface area contributed by atoms with E-state index in [1.54, 1.807) is 18.2 Å². The van der Waals surface area contributed by atoms with Crippen molar-refractivity contribution in [2.45, 2.75) is 0 Å².